The van der Waals surface area contributed by atoms with Gasteiger partial charge in [0.15, 0.2) is 6.61 Å². The molecule has 2 aromatic rings. The summed E-state index contributed by atoms with van der Waals surface area (Å²) in [5.41, 5.74) is 1.41. The van der Waals surface area contributed by atoms with Gasteiger partial charge in [0.1, 0.15) is 9.88 Å². The van der Waals surface area contributed by atoms with E-state index >= 15 is 0 Å². The first-order valence-corrected chi connectivity index (χ1v) is 9.17. The minimum Gasteiger partial charge on any atom is -0.451 e. The maximum atomic E-state index is 12.2. The molecule has 2 rings (SSSR count). The lowest BCUT2D eigenvalue weighted by molar-refractivity contribution is -0.125. The van der Waals surface area contributed by atoms with E-state index in [0.717, 1.165) is 5.56 Å². The molecular weight excluding hydrogens is 360 g/mol. The van der Waals surface area contributed by atoms with Crippen molar-refractivity contribution in [1.29, 1.82) is 0 Å². The standard InChI is InChI=1S/C18H21ClN2O3S/c1-10(2)11(3)20-15(22)9-24-18(23)16-12(4)21-17(25-16)13-6-5-7-14(19)8-13/h5-8,10-11H,9H2,1-4H3,(H,20,22)/t11-/m0/s1. The molecular formula is C18H21ClN2O3S. The first-order valence-electron chi connectivity index (χ1n) is 7.97. The summed E-state index contributed by atoms with van der Waals surface area (Å²) < 4.78 is 5.12. The van der Waals surface area contributed by atoms with Crippen molar-refractivity contribution in [3.8, 4) is 10.6 Å². The van der Waals surface area contributed by atoms with E-state index in [0.29, 0.717) is 26.5 Å². The molecule has 1 aromatic carbocycles. The second-order valence-electron chi connectivity index (χ2n) is 6.12. The summed E-state index contributed by atoms with van der Waals surface area (Å²) in [6, 6.07) is 7.28. The van der Waals surface area contributed by atoms with E-state index in [-0.39, 0.29) is 18.6 Å². The van der Waals surface area contributed by atoms with Crippen molar-refractivity contribution in [3.63, 3.8) is 0 Å². The van der Waals surface area contributed by atoms with Crippen molar-refractivity contribution >= 4 is 34.8 Å². The smallest absolute Gasteiger partial charge is 0.350 e. The SMILES string of the molecule is Cc1nc(-c2cccc(Cl)c2)sc1C(=O)OCC(=O)N[C@@H](C)C(C)C. The number of aromatic nitrogens is 1. The van der Waals surface area contributed by atoms with Gasteiger partial charge in [-0.25, -0.2) is 9.78 Å². The van der Waals surface area contributed by atoms with Crippen LogP contribution >= 0.6 is 22.9 Å². The van der Waals surface area contributed by atoms with Crippen LogP contribution in [-0.4, -0.2) is 29.5 Å². The molecule has 7 heteroatoms. The Balaban J connectivity index is 2.02. The van der Waals surface area contributed by atoms with Gasteiger partial charge in [0.05, 0.1) is 5.69 Å². The van der Waals surface area contributed by atoms with Crippen LogP contribution in [0.15, 0.2) is 24.3 Å². The maximum absolute atomic E-state index is 12.2. The normalized spacial score (nSPS) is 12.1. The lowest BCUT2D eigenvalue weighted by Gasteiger charge is -2.17. The second kappa shape index (κ2) is 8.45. The molecule has 0 spiro atoms. The van der Waals surface area contributed by atoms with E-state index in [1.54, 1.807) is 19.1 Å². The van der Waals surface area contributed by atoms with Crippen LogP contribution in [0.2, 0.25) is 5.02 Å². The van der Waals surface area contributed by atoms with Gasteiger partial charge in [-0.05, 0) is 31.9 Å². The average Bonchev–Trinajstić information content (AvgIpc) is 2.94. The van der Waals surface area contributed by atoms with Crippen molar-refractivity contribution in [2.24, 2.45) is 5.92 Å². The molecule has 0 saturated heterocycles. The van der Waals surface area contributed by atoms with Crippen LogP contribution < -0.4 is 5.32 Å². The van der Waals surface area contributed by atoms with Crippen molar-refractivity contribution in [1.82, 2.24) is 10.3 Å². The number of amides is 1. The number of carbonyl (C=O) groups is 2. The predicted octanol–water partition coefficient (Wildman–Crippen LogP) is 4.09. The van der Waals surface area contributed by atoms with Gasteiger partial charge in [-0.15, -0.1) is 11.3 Å². The molecule has 1 aromatic heterocycles. The number of halogens is 1. The first kappa shape index (κ1) is 19.4. The quantitative estimate of drug-likeness (QED) is 0.766. The molecule has 0 aliphatic rings. The van der Waals surface area contributed by atoms with Crippen LogP contribution in [0.25, 0.3) is 10.6 Å². The molecule has 0 aliphatic heterocycles. The number of nitrogens with zero attached hydrogens (tertiary/aromatic N) is 1. The molecule has 0 radical (unpaired) electrons. The van der Waals surface area contributed by atoms with Crippen LogP contribution in [0.5, 0.6) is 0 Å². The molecule has 1 heterocycles. The minimum absolute atomic E-state index is 0.0192. The Labute approximate surface area is 156 Å². The predicted molar refractivity (Wildman–Crippen MR) is 100 cm³/mol. The lowest BCUT2D eigenvalue weighted by Crippen LogP contribution is -2.38. The summed E-state index contributed by atoms with van der Waals surface area (Å²) in [6.45, 7) is 7.36. The highest BCUT2D eigenvalue weighted by Gasteiger charge is 2.19. The van der Waals surface area contributed by atoms with Gasteiger partial charge < -0.3 is 10.1 Å². The third kappa shape index (κ3) is 5.28. The summed E-state index contributed by atoms with van der Waals surface area (Å²) in [7, 11) is 0. The summed E-state index contributed by atoms with van der Waals surface area (Å²) in [6.07, 6.45) is 0. The van der Waals surface area contributed by atoms with E-state index in [1.165, 1.54) is 11.3 Å². The molecule has 5 nitrogen and oxygen atoms in total. The summed E-state index contributed by atoms with van der Waals surface area (Å²) in [5, 5.41) is 4.08. The molecule has 1 N–H and O–H groups in total. The second-order valence-corrected chi connectivity index (χ2v) is 7.56. The molecule has 0 bridgehead atoms. The Bertz CT molecular complexity index is 773. The van der Waals surface area contributed by atoms with Crippen molar-refractivity contribution in [2.45, 2.75) is 33.7 Å². The van der Waals surface area contributed by atoms with Crippen LogP contribution in [0.3, 0.4) is 0 Å². The third-order valence-corrected chi connectivity index (χ3v) is 5.20. The van der Waals surface area contributed by atoms with E-state index in [1.807, 2.05) is 32.9 Å². The number of esters is 1. The Hall–Kier alpha value is -1.92. The fraction of sp³-hybridized carbons (Fsp3) is 0.389. The van der Waals surface area contributed by atoms with Crippen molar-refractivity contribution < 1.29 is 14.3 Å². The number of nitrogens with one attached hydrogen (secondary N) is 1. The molecule has 0 unspecified atom stereocenters. The lowest BCUT2D eigenvalue weighted by atomic mass is 10.1. The largest absolute Gasteiger partial charge is 0.451 e. The van der Waals surface area contributed by atoms with Crippen LogP contribution in [0, 0.1) is 12.8 Å². The molecule has 0 aliphatic carbocycles. The van der Waals surface area contributed by atoms with Gasteiger partial charge in [0, 0.05) is 16.6 Å². The zero-order chi connectivity index (χ0) is 18.6. The summed E-state index contributed by atoms with van der Waals surface area (Å²) in [4.78, 5) is 28.9. The Morgan fingerprint density at radius 3 is 2.68 bits per heavy atom. The van der Waals surface area contributed by atoms with Crippen molar-refractivity contribution in [3.05, 3.63) is 39.9 Å². The highest BCUT2D eigenvalue weighted by atomic mass is 35.5. The van der Waals surface area contributed by atoms with Gasteiger partial charge in [0.25, 0.3) is 5.91 Å². The topological polar surface area (TPSA) is 68.3 Å². The Morgan fingerprint density at radius 2 is 2.04 bits per heavy atom. The van der Waals surface area contributed by atoms with Crippen LogP contribution in [-0.2, 0) is 9.53 Å². The van der Waals surface area contributed by atoms with Crippen molar-refractivity contribution in [2.75, 3.05) is 6.61 Å². The molecule has 25 heavy (non-hydrogen) atoms. The Morgan fingerprint density at radius 1 is 1.32 bits per heavy atom. The minimum atomic E-state index is -0.546. The fourth-order valence-corrected chi connectivity index (χ4v) is 3.14. The van der Waals surface area contributed by atoms with E-state index in [9.17, 15) is 9.59 Å². The van der Waals surface area contributed by atoms with Gasteiger partial charge in [-0.3, -0.25) is 4.79 Å². The molecule has 134 valence electrons. The van der Waals surface area contributed by atoms with E-state index < -0.39 is 5.97 Å². The van der Waals surface area contributed by atoms with E-state index in [2.05, 4.69) is 10.3 Å². The van der Waals surface area contributed by atoms with E-state index in [4.69, 9.17) is 16.3 Å². The maximum Gasteiger partial charge on any atom is 0.350 e. The molecule has 0 fully saturated rings. The number of ether oxygens (including phenoxy) is 1. The van der Waals surface area contributed by atoms with Gasteiger partial charge in [-0.1, -0.05) is 37.6 Å². The molecule has 1 atom stereocenters. The third-order valence-electron chi connectivity index (χ3n) is 3.78. The number of hydrogen-bond donors (Lipinski definition) is 1. The highest BCUT2D eigenvalue weighted by molar-refractivity contribution is 7.17. The van der Waals surface area contributed by atoms with Gasteiger partial charge in [-0.2, -0.15) is 0 Å². The highest BCUT2D eigenvalue weighted by Crippen LogP contribution is 2.29. The van der Waals surface area contributed by atoms with Gasteiger partial charge >= 0.3 is 5.97 Å². The number of carbonyl (C=O) groups excluding carboxylic acids is 2. The molecule has 1 amide bonds. The number of benzene rings is 1. The number of rotatable bonds is 6. The summed E-state index contributed by atoms with van der Waals surface area (Å²) >= 11 is 7.22. The number of thiazole rings is 1. The monoisotopic (exact) mass is 380 g/mol. The first-order chi connectivity index (χ1) is 11.8. The number of aryl methyl sites for hydroxylation is 1. The molecule has 0 saturated carbocycles. The zero-order valence-electron chi connectivity index (χ0n) is 14.6. The zero-order valence-corrected chi connectivity index (χ0v) is 16.2. The summed E-state index contributed by atoms with van der Waals surface area (Å²) in [5.74, 6) is -0.550. The van der Waals surface area contributed by atoms with Crippen LogP contribution in [0.4, 0.5) is 0 Å². The van der Waals surface area contributed by atoms with Crippen LogP contribution in [0.1, 0.15) is 36.1 Å². The Kier molecular flexibility index (Phi) is 6.56. The van der Waals surface area contributed by atoms with Gasteiger partial charge in [0.2, 0.25) is 0 Å². The fourth-order valence-electron chi connectivity index (χ4n) is 1.99. The number of hydrogen-bond acceptors (Lipinski definition) is 5. The average molecular weight is 381 g/mol.